The van der Waals surface area contributed by atoms with Crippen LogP contribution in [0.15, 0.2) is 12.4 Å². The van der Waals surface area contributed by atoms with Crippen molar-refractivity contribution in [3.05, 3.63) is 40.2 Å². The summed E-state index contributed by atoms with van der Waals surface area (Å²) in [6.07, 6.45) is 14.0. The predicted octanol–water partition coefficient (Wildman–Crippen LogP) is 7.85. The van der Waals surface area contributed by atoms with E-state index >= 15 is 0 Å². The molecule has 2 fully saturated rings. The molecule has 1 aromatic rings. The molecule has 0 amide bonds. The molecule has 2 saturated carbocycles. The molecule has 0 unspecified atom stereocenters. The normalized spacial score (nSPS) is 28.6. The van der Waals surface area contributed by atoms with Crippen molar-refractivity contribution >= 4 is 0 Å². The minimum absolute atomic E-state index is 0.376. The first-order chi connectivity index (χ1) is 13.4. The summed E-state index contributed by atoms with van der Waals surface area (Å²) in [6.45, 7) is 11.1. The number of benzene rings is 1. The molecule has 0 aliphatic heterocycles. The second kappa shape index (κ2) is 9.46. The third-order valence-corrected chi connectivity index (χ3v) is 8.05. The van der Waals surface area contributed by atoms with Crippen LogP contribution in [-0.2, 0) is 0 Å². The monoisotopic (exact) mass is 386 g/mol. The van der Waals surface area contributed by atoms with Gasteiger partial charge in [0.05, 0.1) is 12.4 Å². The largest absolute Gasteiger partial charge is 0.490 e. The van der Waals surface area contributed by atoms with E-state index in [2.05, 4.69) is 34.6 Å². The van der Waals surface area contributed by atoms with Gasteiger partial charge in [0.2, 0.25) is 0 Å². The van der Waals surface area contributed by atoms with Gasteiger partial charge < -0.3 is 4.74 Å². The zero-order valence-electron chi connectivity index (χ0n) is 18.6. The lowest BCUT2D eigenvalue weighted by Crippen LogP contribution is -2.30. The van der Waals surface area contributed by atoms with Crippen molar-refractivity contribution in [2.75, 3.05) is 0 Å². The van der Waals surface area contributed by atoms with Crippen LogP contribution in [0, 0.1) is 52.4 Å². The van der Waals surface area contributed by atoms with E-state index in [0.29, 0.717) is 18.4 Å². The molecule has 0 heterocycles. The summed E-state index contributed by atoms with van der Waals surface area (Å²) in [4.78, 5) is 0. The average molecular weight is 387 g/mol. The van der Waals surface area contributed by atoms with Crippen LogP contribution in [0.25, 0.3) is 0 Å². The van der Waals surface area contributed by atoms with Gasteiger partial charge in [-0.1, -0.05) is 6.08 Å². The van der Waals surface area contributed by atoms with Gasteiger partial charge in [-0.15, -0.1) is 0 Å². The second-order valence-corrected chi connectivity index (χ2v) is 9.49. The highest BCUT2D eigenvalue weighted by Gasteiger charge is 2.31. The van der Waals surface area contributed by atoms with E-state index < -0.39 is 0 Å². The van der Waals surface area contributed by atoms with Crippen LogP contribution < -0.4 is 4.74 Å². The fraction of sp³-hybridized carbons (Fsp3) is 0.692. The van der Waals surface area contributed by atoms with Crippen molar-refractivity contribution in [1.82, 2.24) is 0 Å². The highest BCUT2D eigenvalue weighted by molar-refractivity contribution is 5.53. The minimum atomic E-state index is 0.376. The number of allylic oxidation sites excluding steroid dienone is 1. The maximum atomic E-state index is 12.2. The van der Waals surface area contributed by atoms with Gasteiger partial charge in [-0.25, -0.2) is 4.39 Å². The SMILES string of the molecule is Cc1c(C)c(C)c(OC2CCC(C3CCC(C/C=C/F)CC3)CC2)c(C)c1C. The Hall–Kier alpha value is -1.31. The van der Waals surface area contributed by atoms with E-state index in [1.165, 1.54) is 79.2 Å². The molecule has 2 aliphatic carbocycles. The highest BCUT2D eigenvalue weighted by Crippen LogP contribution is 2.42. The lowest BCUT2D eigenvalue weighted by Gasteiger charge is -2.38. The summed E-state index contributed by atoms with van der Waals surface area (Å²) >= 11 is 0. The summed E-state index contributed by atoms with van der Waals surface area (Å²) < 4.78 is 18.8. The van der Waals surface area contributed by atoms with Gasteiger partial charge in [-0.2, -0.15) is 0 Å². The lowest BCUT2D eigenvalue weighted by atomic mass is 9.70. The van der Waals surface area contributed by atoms with E-state index in [4.69, 9.17) is 4.74 Å². The Bertz CT molecular complexity index is 660. The Morgan fingerprint density at radius 1 is 0.714 bits per heavy atom. The van der Waals surface area contributed by atoms with Crippen molar-refractivity contribution in [2.45, 2.75) is 98.5 Å². The summed E-state index contributed by atoms with van der Waals surface area (Å²) in [7, 11) is 0. The van der Waals surface area contributed by atoms with Crippen molar-refractivity contribution in [3.63, 3.8) is 0 Å². The molecule has 0 spiro atoms. The first-order valence-corrected chi connectivity index (χ1v) is 11.4. The molecule has 156 valence electrons. The molecule has 1 nitrogen and oxygen atoms in total. The third-order valence-electron chi connectivity index (χ3n) is 8.05. The number of halogens is 1. The van der Waals surface area contributed by atoms with Gasteiger partial charge in [-0.3, -0.25) is 0 Å². The van der Waals surface area contributed by atoms with Crippen LogP contribution in [0.1, 0.15) is 85.6 Å². The zero-order valence-corrected chi connectivity index (χ0v) is 18.6. The van der Waals surface area contributed by atoms with Gasteiger partial charge in [0.1, 0.15) is 5.75 Å². The lowest BCUT2D eigenvalue weighted by molar-refractivity contribution is 0.0915. The van der Waals surface area contributed by atoms with E-state index in [1.807, 2.05) is 0 Å². The molecule has 0 bridgehead atoms. The molecule has 1 aromatic carbocycles. The molecule has 28 heavy (non-hydrogen) atoms. The average Bonchev–Trinajstić information content (AvgIpc) is 2.73. The standard InChI is InChI=1S/C26H39FO/c1-17-18(2)20(4)26(21(5)19(17)3)28-25-14-12-24(13-15-25)23-10-8-22(9-11-23)7-6-16-27/h6,16,22-25H,7-15H2,1-5H3/b16-6+. The van der Waals surface area contributed by atoms with Crippen LogP contribution in [-0.4, -0.2) is 6.10 Å². The van der Waals surface area contributed by atoms with Gasteiger partial charge in [0.25, 0.3) is 0 Å². The summed E-state index contributed by atoms with van der Waals surface area (Å²) in [5.41, 5.74) is 6.81. The Morgan fingerprint density at radius 3 is 1.68 bits per heavy atom. The number of hydrogen-bond donors (Lipinski definition) is 0. The fourth-order valence-electron chi connectivity index (χ4n) is 5.63. The quantitative estimate of drug-likeness (QED) is 0.500. The molecule has 2 aliphatic rings. The predicted molar refractivity (Wildman–Crippen MR) is 117 cm³/mol. The first kappa shape index (κ1) is 21.4. The third kappa shape index (κ3) is 4.63. The number of ether oxygens (including phenoxy) is 1. The van der Waals surface area contributed by atoms with E-state index in [-0.39, 0.29) is 0 Å². The van der Waals surface area contributed by atoms with Crippen molar-refractivity contribution in [2.24, 2.45) is 17.8 Å². The van der Waals surface area contributed by atoms with Gasteiger partial charge in [0, 0.05) is 0 Å². The molecular formula is C26H39FO. The molecule has 0 radical (unpaired) electrons. The van der Waals surface area contributed by atoms with Crippen molar-refractivity contribution < 1.29 is 9.13 Å². The summed E-state index contributed by atoms with van der Waals surface area (Å²) in [6, 6.07) is 0. The molecule has 0 N–H and O–H groups in total. The summed E-state index contributed by atoms with van der Waals surface area (Å²) in [5.74, 6) is 3.62. The number of rotatable bonds is 5. The van der Waals surface area contributed by atoms with Gasteiger partial charge in [0.15, 0.2) is 0 Å². The zero-order chi connectivity index (χ0) is 20.3. The maximum Gasteiger partial charge on any atom is 0.126 e. The molecular weight excluding hydrogens is 347 g/mol. The van der Waals surface area contributed by atoms with Crippen molar-refractivity contribution in [3.8, 4) is 5.75 Å². The second-order valence-electron chi connectivity index (χ2n) is 9.49. The first-order valence-electron chi connectivity index (χ1n) is 11.4. The van der Waals surface area contributed by atoms with E-state index in [1.54, 1.807) is 6.08 Å². The topological polar surface area (TPSA) is 9.23 Å². The minimum Gasteiger partial charge on any atom is -0.490 e. The van der Waals surface area contributed by atoms with Crippen LogP contribution in [0.4, 0.5) is 4.39 Å². The van der Waals surface area contributed by atoms with Crippen LogP contribution >= 0.6 is 0 Å². The van der Waals surface area contributed by atoms with Crippen LogP contribution in [0.5, 0.6) is 5.75 Å². The maximum absolute atomic E-state index is 12.2. The Morgan fingerprint density at radius 2 is 1.18 bits per heavy atom. The molecule has 0 saturated heterocycles. The number of hydrogen-bond acceptors (Lipinski definition) is 1. The highest BCUT2D eigenvalue weighted by atomic mass is 19.1. The summed E-state index contributed by atoms with van der Waals surface area (Å²) in [5, 5.41) is 0. The van der Waals surface area contributed by atoms with Gasteiger partial charge >= 0.3 is 0 Å². The van der Waals surface area contributed by atoms with Crippen LogP contribution in [0.3, 0.4) is 0 Å². The molecule has 2 heteroatoms. The smallest absolute Gasteiger partial charge is 0.126 e. The molecule has 3 rings (SSSR count). The van der Waals surface area contributed by atoms with Gasteiger partial charge in [-0.05, 0) is 138 Å². The van der Waals surface area contributed by atoms with E-state index in [0.717, 1.165) is 24.0 Å². The van der Waals surface area contributed by atoms with E-state index in [9.17, 15) is 4.39 Å². The Labute approximate surface area is 171 Å². The van der Waals surface area contributed by atoms with Crippen molar-refractivity contribution in [1.29, 1.82) is 0 Å². The molecule has 0 aromatic heterocycles. The fourth-order valence-corrected chi connectivity index (χ4v) is 5.63. The molecule has 0 atom stereocenters. The van der Waals surface area contributed by atoms with Crippen LogP contribution in [0.2, 0.25) is 0 Å². The Balaban J connectivity index is 1.53. The Kier molecular flexibility index (Phi) is 7.23.